The van der Waals surface area contributed by atoms with Crippen molar-refractivity contribution in [1.82, 2.24) is 0 Å². The van der Waals surface area contributed by atoms with Gasteiger partial charge in [0.2, 0.25) is 0 Å². The van der Waals surface area contributed by atoms with Gasteiger partial charge in [0.1, 0.15) is 11.6 Å². The van der Waals surface area contributed by atoms with Gasteiger partial charge in [-0.05, 0) is 36.1 Å². The average molecular weight is 473 g/mol. The molecule has 1 aliphatic heterocycles. The van der Waals surface area contributed by atoms with E-state index in [1.54, 1.807) is 11.0 Å². The van der Waals surface area contributed by atoms with Crippen molar-refractivity contribution in [2.45, 2.75) is 32.6 Å². The number of nitro groups is 1. The fourth-order valence-corrected chi connectivity index (χ4v) is 5.42. The first-order valence-electron chi connectivity index (χ1n) is 9.69. The number of hydrogen-bond acceptors (Lipinski definition) is 7. The largest absolute Gasteiger partial charge is 0.384 e. The third-order valence-corrected chi connectivity index (χ3v) is 7.01. The van der Waals surface area contributed by atoms with Gasteiger partial charge in [-0.25, -0.2) is 4.39 Å². The van der Waals surface area contributed by atoms with Crippen LogP contribution in [0.2, 0.25) is 5.02 Å². The van der Waals surface area contributed by atoms with Gasteiger partial charge in [-0.2, -0.15) is 5.26 Å². The van der Waals surface area contributed by atoms with E-state index >= 15 is 0 Å². The summed E-state index contributed by atoms with van der Waals surface area (Å²) in [6.07, 6.45) is 0.721. The summed E-state index contributed by atoms with van der Waals surface area (Å²) >= 11 is 6.91. The maximum Gasteiger partial charge on any atom is 0.324 e. The lowest BCUT2D eigenvalue weighted by molar-refractivity contribution is -0.380. The molecule has 2 N–H and O–H groups in total. The molecule has 2 aromatic rings. The van der Waals surface area contributed by atoms with E-state index in [-0.39, 0.29) is 39.0 Å². The highest BCUT2D eigenvalue weighted by atomic mass is 35.5. The minimum atomic E-state index is -0.801. The fourth-order valence-electron chi connectivity index (χ4n) is 4.31. The number of nitrogens with two attached hydrogens (primary N) is 1. The fraction of sp³-hybridized carbons (Fsp3) is 0.273. The molecule has 1 aliphatic carbocycles. The number of nitrogens with zero attached hydrogens (tertiary/aromatic N) is 3. The van der Waals surface area contributed by atoms with Crippen molar-refractivity contribution in [3.05, 3.63) is 78.8 Å². The van der Waals surface area contributed by atoms with Crippen molar-refractivity contribution < 1.29 is 14.1 Å². The number of ketones is 1. The van der Waals surface area contributed by atoms with E-state index < -0.39 is 16.7 Å². The molecule has 2 aliphatic rings. The average Bonchev–Trinajstić information content (AvgIpc) is 3.19. The van der Waals surface area contributed by atoms with Crippen molar-refractivity contribution in [3.63, 3.8) is 0 Å². The molecule has 0 spiro atoms. The number of allylic oxidation sites excluding steroid dienone is 3. The minimum Gasteiger partial charge on any atom is -0.384 e. The third kappa shape index (κ3) is 3.55. The van der Waals surface area contributed by atoms with Crippen LogP contribution >= 0.6 is 22.9 Å². The summed E-state index contributed by atoms with van der Waals surface area (Å²) in [4.78, 5) is 26.2. The molecule has 0 amide bonds. The molecular weight excluding hydrogens is 455 g/mol. The number of carbonyl (C=O) groups excluding carboxylic acids is 1. The number of rotatable bonds is 3. The molecule has 0 bridgehead atoms. The van der Waals surface area contributed by atoms with Gasteiger partial charge in [-0.1, -0.05) is 36.8 Å². The summed E-state index contributed by atoms with van der Waals surface area (Å²) in [7, 11) is 0. The van der Waals surface area contributed by atoms with Gasteiger partial charge in [-0.3, -0.25) is 19.8 Å². The van der Waals surface area contributed by atoms with Crippen LogP contribution in [0.5, 0.6) is 0 Å². The molecule has 1 aromatic heterocycles. The summed E-state index contributed by atoms with van der Waals surface area (Å²) in [5.41, 5.74) is 7.58. The quantitative estimate of drug-likeness (QED) is 0.473. The van der Waals surface area contributed by atoms with Gasteiger partial charge in [0.05, 0.1) is 27.5 Å². The number of nitriles is 1. The minimum absolute atomic E-state index is 0.0838. The number of thiophene rings is 1. The molecule has 0 radical (unpaired) electrons. The maximum atomic E-state index is 13.8. The van der Waals surface area contributed by atoms with Gasteiger partial charge in [0.25, 0.3) is 0 Å². The maximum absolute atomic E-state index is 13.8. The Morgan fingerprint density at radius 2 is 2.06 bits per heavy atom. The predicted octanol–water partition coefficient (Wildman–Crippen LogP) is 5.39. The molecule has 0 saturated carbocycles. The van der Waals surface area contributed by atoms with Gasteiger partial charge in [0, 0.05) is 34.3 Å². The molecule has 0 unspecified atom stereocenters. The lowest BCUT2D eigenvalue weighted by atomic mass is 9.69. The number of benzene rings is 1. The van der Waals surface area contributed by atoms with Crippen molar-refractivity contribution in [1.29, 1.82) is 5.26 Å². The summed E-state index contributed by atoms with van der Waals surface area (Å²) in [5, 5.41) is 21.0. The summed E-state index contributed by atoms with van der Waals surface area (Å²) in [5.74, 6) is -1.48. The second kappa shape index (κ2) is 7.73. The Labute approximate surface area is 192 Å². The van der Waals surface area contributed by atoms with Crippen LogP contribution in [-0.2, 0) is 4.79 Å². The number of anilines is 1. The first-order chi connectivity index (χ1) is 15.0. The zero-order valence-corrected chi connectivity index (χ0v) is 18.8. The van der Waals surface area contributed by atoms with Crippen LogP contribution in [-0.4, -0.2) is 10.7 Å². The Morgan fingerprint density at radius 1 is 1.34 bits per heavy atom. The van der Waals surface area contributed by atoms with Crippen LogP contribution in [0.1, 0.15) is 37.5 Å². The Kier molecular flexibility index (Phi) is 5.31. The van der Waals surface area contributed by atoms with E-state index in [4.69, 9.17) is 17.3 Å². The molecule has 164 valence electrons. The molecule has 10 heteroatoms. The van der Waals surface area contributed by atoms with Crippen molar-refractivity contribution in [3.8, 4) is 6.07 Å². The van der Waals surface area contributed by atoms with Crippen LogP contribution in [0.25, 0.3) is 0 Å². The van der Waals surface area contributed by atoms with Crippen molar-refractivity contribution in [2.24, 2.45) is 11.1 Å². The Balaban J connectivity index is 1.99. The number of halogens is 2. The van der Waals surface area contributed by atoms with E-state index in [9.17, 15) is 24.6 Å². The van der Waals surface area contributed by atoms with Gasteiger partial charge < -0.3 is 5.73 Å². The van der Waals surface area contributed by atoms with Crippen LogP contribution in [0.3, 0.4) is 0 Å². The second-order valence-electron chi connectivity index (χ2n) is 8.51. The van der Waals surface area contributed by atoms with E-state index in [1.165, 1.54) is 24.3 Å². The number of Topliss-reactive ketones (excluding diaryl/α,β-unsaturated/α-hetero) is 1. The van der Waals surface area contributed by atoms with Crippen LogP contribution in [0.4, 0.5) is 15.1 Å². The van der Waals surface area contributed by atoms with Crippen molar-refractivity contribution in [2.75, 3.05) is 4.90 Å². The highest BCUT2D eigenvalue weighted by Crippen LogP contribution is 2.51. The number of hydrogen-bond donors (Lipinski definition) is 1. The molecule has 4 rings (SSSR count). The van der Waals surface area contributed by atoms with Gasteiger partial charge in [0.15, 0.2) is 5.78 Å². The molecule has 2 heterocycles. The highest BCUT2D eigenvalue weighted by Gasteiger charge is 2.45. The normalized spacial score (nSPS) is 20.3. The molecule has 1 atom stereocenters. The van der Waals surface area contributed by atoms with Crippen LogP contribution < -0.4 is 10.6 Å². The molecule has 1 aromatic carbocycles. The van der Waals surface area contributed by atoms with Crippen LogP contribution in [0.15, 0.2) is 53.0 Å². The Bertz CT molecular complexity index is 1270. The summed E-state index contributed by atoms with van der Waals surface area (Å²) < 4.78 is 13.8. The molecule has 0 saturated heterocycles. The van der Waals surface area contributed by atoms with E-state index in [2.05, 4.69) is 6.07 Å². The Hall–Kier alpha value is -3.22. The molecule has 0 fully saturated rings. The van der Waals surface area contributed by atoms with Gasteiger partial charge in [-0.15, -0.1) is 0 Å². The van der Waals surface area contributed by atoms with E-state index in [0.717, 1.165) is 11.3 Å². The first-order valence-corrected chi connectivity index (χ1v) is 10.9. The standard InChI is InChI=1S/C22H18ClFN4O3S/c1-22(2)8-15-20(16(29)9-22)19(17-5-6-18(32-17)28(30)31)12(10-25)21(26)27(15)11-3-4-14(24)13(23)7-11/h3-7,19H,8-9,26H2,1-2H3/t19-/m1/s1. The topological polar surface area (TPSA) is 113 Å². The molecular formula is C22H18ClFN4O3S. The summed E-state index contributed by atoms with van der Waals surface area (Å²) in [6, 6.07) is 9.08. The zero-order chi connectivity index (χ0) is 23.4. The molecule has 7 nitrogen and oxygen atoms in total. The first kappa shape index (κ1) is 22.0. The Morgan fingerprint density at radius 3 is 2.66 bits per heavy atom. The monoisotopic (exact) mass is 472 g/mol. The highest BCUT2D eigenvalue weighted by molar-refractivity contribution is 7.15. The second-order valence-corrected chi connectivity index (χ2v) is 10.0. The zero-order valence-electron chi connectivity index (χ0n) is 17.2. The van der Waals surface area contributed by atoms with Gasteiger partial charge >= 0.3 is 5.00 Å². The SMILES string of the molecule is CC1(C)CC(=O)C2=C(C1)N(c1ccc(F)c(Cl)c1)C(N)=C(C#N)[C@@H]2c1ccc([N+](=O)[O-])s1. The van der Waals surface area contributed by atoms with E-state index in [0.29, 0.717) is 28.3 Å². The van der Waals surface area contributed by atoms with Crippen molar-refractivity contribution >= 4 is 39.4 Å². The predicted molar refractivity (Wildman–Crippen MR) is 119 cm³/mol. The van der Waals surface area contributed by atoms with Crippen LogP contribution in [0, 0.1) is 32.7 Å². The third-order valence-electron chi connectivity index (χ3n) is 5.62. The smallest absolute Gasteiger partial charge is 0.324 e. The summed E-state index contributed by atoms with van der Waals surface area (Å²) in [6.45, 7) is 3.91. The van der Waals surface area contributed by atoms with E-state index in [1.807, 2.05) is 13.8 Å². The number of carbonyl (C=O) groups is 1. The lowest BCUT2D eigenvalue weighted by Gasteiger charge is -2.43. The lowest BCUT2D eigenvalue weighted by Crippen LogP contribution is -2.42. The molecule has 32 heavy (non-hydrogen) atoms.